The largest absolute Gasteiger partial charge is 0.476 e. The Balaban J connectivity index is 2.42. The highest BCUT2D eigenvalue weighted by molar-refractivity contribution is 9.10. The molecule has 18 heavy (non-hydrogen) atoms. The van der Waals surface area contributed by atoms with Gasteiger partial charge in [0.15, 0.2) is 11.5 Å². The molecule has 0 spiro atoms. The van der Waals surface area contributed by atoms with Crippen LogP contribution in [0.3, 0.4) is 0 Å². The SMILES string of the molecule is COC1(c2ncc(Br)c(C(=O)O)n2)CCOCC1. The minimum Gasteiger partial charge on any atom is -0.476 e. The van der Waals surface area contributed by atoms with Crippen LogP contribution in [0.25, 0.3) is 0 Å². The summed E-state index contributed by atoms with van der Waals surface area (Å²) in [5.74, 6) is -0.697. The van der Waals surface area contributed by atoms with Crippen molar-refractivity contribution in [3.63, 3.8) is 0 Å². The molecule has 1 aromatic heterocycles. The van der Waals surface area contributed by atoms with Gasteiger partial charge < -0.3 is 14.6 Å². The summed E-state index contributed by atoms with van der Waals surface area (Å²) >= 11 is 3.12. The number of aromatic carboxylic acids is 1. The second-order valence-corrected chi connectivity index (χ2v) is 4.86. The topological polar surface area (TPSA) is 81.5 Å². The molecule has 7 heteroatoms. The maximum absolute atomic E-state index is 11.1. The summed E-state index contributed by atoms with van der Waals surface area (Å²) in [5.41, 5.74) is -0.703. The first-order chi connectivity index (χ1) is 8.59. The highest BCUT2D eigenvalue weighted by Gasteiger charge is 2.38. The average molecular weight is 317 g/mol. The molecule has 2 heterocycles. The molecule has 6 nitrogen and oxygen atoms in total. The maximum Gasteiger partial charge on any atom is 0.355 e. The van der Waals surface area contributed by atoms with Gasteiger partial charge in [-0.15, -0.1) is 0 Å². The smallest absolute Gasteiger partial charge is 0.355 e. The molecule has 0 amide bonds. The van der Waals surface area contributed by atoms with E-state index in [4.69, 9.17) is 14.6 Å². The van der Waals surface area contributed by atoms with Crippen LogP contribution in [0.1, 0.15) is 29.2 Å². The normalized spacial score (nSPS) is 18.6. The number of hydrogen-bond donors (Lipinski definition) is 1. The molecular formula is C11H13BrN2O4. The van der Waals surface area contributed by atoms with Gasteiger partial charge in [-0.05, 0) is 15.9 Å². The van der Waals surface area contributed by atoms with Gasteiger partial charge in [-0.2, -0.15) is 0 Å². The Morgan fingerprint density at radius 3 is 2.78 bits per heavy atom. The first-order valence-electron chi connectivity index (χ1n) is 5.48. The number of nitrogens with zero attached hydrogens (tertiary/aromatic N) is 2. The third-order valence-electron chi connectivity index (χ3n) is 3.05. The van der Waals surface area contributed by atoms with Crippen LogP contribution in [0, 0.1) is 0 Å². The van der Waals surface area contributed by atoms with Crippen LogP contribution in [0.4, 0.5) is 0 Å². The summed E-state index contributed by atoms with van der Waals surface area (Å²) < 4.78 is 11.2. The standard InChI is InChI=1S/C11H13BrN2O4/c1-17-11(2-4-18-5-3-11)10-13-6-7(12)8(14-10)9(15)16/h6H,2-5H2,1H3,(H,15,16). The van der Waals surface area contributed by atoms with Crippen LogP contribution in [0.15, 0.2) is 10.7 Å². The van der Waals surface area contributed by atoms with Crippen LogP contribution >= 0.6 is 15.9 Å². The molecule has 0 aliphatic carbocycles. The van der Waals surface area contributed by atoms with E-state index in [1.54, 1.807) is 7.11 Å². The van der Waals surface area contributed by atoms with Gasteiger partial charge in [0.05, 0.1) is 4.47 Å². The van der Waals surface area contributed by atoms with Gasteiger partial charge in [-0.1, -0.05) is 0 Å². The Morgan fingerprint density at radius 1 is 1.56 bits per heavy atom. The Morgan fingerprint density at radius 2 is 2.22 bits per heavy atom. The summed E-state index contributed by atoms with van der Waals surface area (Å²) in [5, 5.41) is 9.06. The van der Waals surface area contributed by atoms with Gasteiger partial charge in [0.1, 0.15) is 5.60 Å². The van der Waals surface area contributed by atoms with E-state index in [2.05, 4.69) is 25.9 Å². The zero-order valence-corrected chi connectivity index (χ0v) is 11.4. The fourth-order valence-corrected chi connectivity index (χ4v) is 2.32. The first-order valence-corrected chi connectivity index (χ1v) is 6.27. The van der Waals surface area contributed by atoms with Crippen molar-refractivity contribution in [1.29, 1.82) is 0 Å². The van der Waals surface area contributed by atoms with E-state index in [0.717, 1.165) is 0 Å². The fourth-order valence-electron chi connectivity index (χ4n) is 1.96. The third kappa shape index (κ3) is 2.38. The van der Waals surface area contributed by atoms with Crippen LogP contribution in [-0.4, -0.2) is 41.4 Å². The predicted octanol–water partition coefficient (Wildman–Crippen LogP) is 1.59. The van der Waals surface area contributed by atoms with Gasteiger partial charge in [0.25, 0.3) is 0 Å². The van der Waals surface area contributed by atoms with E-state index in [1.807, 2.05) is 0 Å². The van der Waals surface area contributed by atoms with E-state index in [0.29, 0.717) is 36.4 Å². The molecule has 1 fully saturated rings. The highest BCUT2D eigenvalue weighted by atomic mass is 79.9. The van der Waals surface area contributed by atoms with E-state index in [9.17, 15) is 4.79 Å². The molecule has 2 rings (SSSR count). The second-order valence-electron chi connectivity index (χ2n) is 4.01. The number of carbonyl (C=O) groups is 1. The number of carboxylic acid groups (broad SMARTS) is 1. The average Bonchev–Trinajstić information content (AvgIpc) is 2.39. The molecule has 1 aliphatic heterocycles. The maximum atomic E-state index is 11.1. The Bertz CT molecular complexity index is 460. The number of carboxylic acids is 1. The lowest BCUT2D eigenvalue weighted by atomic mass is 9.93. The van der Waals surface area contributed by atoms with Gasteiger partial charge >= 0.3 is 5.97 Å². The van der Waals surface area contributed by atoms with E-state index in [1.165, 1.54) is 6.20 Å². The Kier molecular flexibility index (Phi) is 3.94. The van der Waals surface area contributed by atoms with Crippen LogP contribution in [0.2, 0.25) is 0 Å². The van der Waals surface area contributed by atoms with Crippen molar-refractivity contribution in [2.75, 3.05) is 20.3 Å². The lowest BCUT2D eigenvalue weighted by Crippen LogP contribution is -2.37. The molecule has 0 bridgehead atoms. The molecule has 1 N–H and O–H groups in total. The van der Waals surface area contributed by atoms with E-state index in [-0.39, 0.29) is 5.69 Å². The number of ether oxygens (including phenoxy) is 2. The van der Waals surface area contributed by atoms with Crippen LogP contribution < -0.4 is 0 Å². The molecule has 0 unspecified atom stereocenters. The molecule has 0 aromatic carbocycles. The van der Waals surface area contributed by atoms with Gasteiger partial charge in [0.2, 0.25) is 0 Å². The minimum absolute atomic E-state index is 0.0529. The molecule has 98 valence electrons. The highest BCUT2D eigenvalue weighted by Crippen LogP contribution is 2.33. The lowest BCUT2D eigenvalue weighted by Gasteiger charge is -2.34. The molecule has 1 saturated heterocycles. The summed E-state index contributed by atoms with van der Waals surface area (Å²) in [6.45, 7) is 1.10. The Hall–Kier alpha value is -1.05. The summed E-state index contributed by atoms with van der Waals surface area (Å²) in [6.07, 6.45) is 2.68. The van der Waals surface area contributed by atoms with Crippen molar-refractivity contribution >= 4 is 21.9 Å². The van der Waals surface area contributed by atoms with Crippen LogP contribution in [0.5, 0.6) is 0 Å². The Labute approximate surface area is 112 Å². The van der Waals surface area contributed by atoms with Gasteiger partial charge in [-0.25, -0.2) is 14.8 Å². The summed E-state index contributed by atoms with van der Waals surface area (Å²) in [7, 11) is 1.58. The third-order valence-corrected chi connectivity index (χ3v) is 3.63. The molecule has 0 atom stereocenters. The van der Waals surface area contributed by atoms with Gasteiger partial charge in [0, 0.05) is 39.4 Å². The lowest BCUT2D eigenvalue weighted by molar-refractivity contribution is -0.100. The minimum atomic E-state index is -1.09. The molecule has 0 radical (unpaired) electrons. The van der Waals surface area contributed by atoms with E-state index >= 15 is 0 Å². The van der Waals surface area contributed by atoms with Crippen molar-refractivity contribution in [3.8, 4) is 0 Å². The number of hydrogen-bond acceptors (Lipinski definition) is 5. The molecule has 0 saturated carbocycles. The van der Waals surface area contributed by atoms with Crippen molar-refractivity contribution in [2.45, 2.75) is 18.4 Å². The number of rotatable bonds is 3. The van der Waals surface area contributed by atoms with E-state index < -0.39 is 11.6 Å². The molecule has 1 aromatic rings. The van der Waals surface area contributed by atoms with Crippen molar-refractivity contribution in [3.05, 3.63) is 22.2 Å². The second kappa shape index (κ2) is 5.29. The van der Waals surface area contributed by atoms with Crippen molar-refractivity contribution < 1.29 is 19.4 Å². The fraction of sp³-hybridized carbons (Fsp3) is 0.545. The predicted molar refractivity (Wildman–Crippen MR) is 65.4 cm³/mol. The number of methoxy groups -OCH3 is 1. The molecular weight excluding hydrogens is 304 g/mol. The first kappa shape index (κ1) is 13.4. The summed E-state index contributed by atoms with van der Waals surface area (Å²) in [6, 6.07) is 0. The van der Waals surface area contributed by atoms with Crippen molar-refractivity contribution in [2.24, 2.45) is 0 Å². The number of aromatic nitrogens is 2. The molecule has 1 aliphatic rings. The van der Waals surface area contributed by atoms with Crippen molar-refractivity contribution in [1.82, 2.24) is 9.97 Å². The van der Waals surface area contributed by atoms with Crippen LogP contribution in [-0.2, 0) is 15.1 Å². The quantitative estimate of drug-likeness (QED) is 0.912. The zero-order chi connectivity index (χ0) is 13.2. The van der Waals surface area contributed by atoms with Gasteiger partial charge in [-0.3, -0.25) is 0 Å². The monoisotopic (exact) mass is 316 g/mol. The number of halogens is 1. The zero-order valence-electron chi connectivity index (χ0n) is 9.85. The summed E-state index contributed by atoms with van der Waals surface area (Å²) in [4.78, 5) is 19.4.